The summed E-state index contributed by atoms with van der Waals surface area (Å²) >= 11 is 0. The van der Waals surface area contributed by atoms with Crippen molar-refractivity contribution in [3.8, 4) is 0 Å². The zero-order valence-electron chi connectivity index (χ0n) is 8.01. The van der Waals surface area contributed by atoms with Crippen molar-refractivity contribution in [2.45, 2.75) is 19.4 Å². The number of aryl methyl sites for hydroxylation is 1. The summed E-state index contributed by atoms with van der Waals surface area (Å²) < 4.78 is 0. The lowest BCUT2D eigenvalue weighted by Crippen LogP contribution is -2.21. The quantitative estimate of drug-likeness (QED) is 0.717. The molecule has 1 aliphatic rings. The Labute approximate surface area is 79.4 Å². The predicted molar refractivity (Wildman–Crippen MR) is 56.1 cm³/mol. The number of benzene rings is 1. The zero-order chi connectivity index (χ0) is 9.10. The molecule has 0 radical (unpaired) electrons. The molecule has 1 atom stereocenters. The molecule has 1 aromatic carbocycles. The Hall–Kier alpha value is -1.02. The van der Waals surface area contributed by atoms with Gasteiger partial charge in [-0.15, -0.1) is 0 Å². The molecule has 0 amide bonds. The van der Waals surface area contributed by atoms with Crippen molar-refractivity contribution in [2.75, 3.05) is 18.4 Å². The Morgan fingerprint density at radius 1 is 1.46 bits per heavy atom. The lowest BCUT2D eigenvalue weighted by molar-refractivity contribution is 0.793. The number of nitrogens with one attached hydrogen (secondary N) is 2. The van der Waals surface area contributed by atoms with Crippen molar-refractivity contribution < 1.29 is 0 Å². The first-order chi connectivity index (χ1) is 6.34. The summed E-state index contributed by atoms with van der Waals surface area (Å²) in [6.45, 7) is 4.36. The zero-order valence-corrected chi connectivity index (χ0v) is 8.01. The number of hydrogen-bond donors (Lipinski definition) is 2. The average Bonchev–Trinajstić information content (AvgIpc) is 2.57. The molecule has 2 N–H and O–H groups in total. The molecule has 0 unspecified atom stereocenters. The van der Waals surface area contributed by atoms with E-state index in [1.54, 1.807) is 0 Å². The Bertz CT molecular complexity index is 277. The molecule has 0 bridgehead atoms. The smallest absolute Gasteiger partial charge is 0.0398 e. The van der Waals surface area contributed by atoms with Gasteiger partial charge in [-0.2, -0.15) is 0 Å². The normalized spacial score (nSPS) is 21.8. The van der Waals surface area contributed by atoms with Gasteiger partial charge in [0, 0.05) is 18.3 Å². The summed E-state index contributed by atoms with van der Waals surface area (Å²) in [5, 5.41) is 6.86. The molecule has 1 saturated heterocycles. The molecule has 1 fully saturated rings. The molecule has 0 spiro atoms. The Morgan fingerprint density at radius 3 is 3.08 bits per heavy atom. The van der Waals surface area contributed by atoms with Gasteiger partial charge in [-0.05, 0) is 37.6 Å². The fraction of sp³-hybridized carbons (Fsp3) is 0.455. The second-order valence-electron chi connectivity index (χ2n) is 3.70. The number of anilines is 1. The van der Waals surface area contributed by atoms with Crippen LogP contribution in [0.4, 0.5) is 5.69 Å². The van der Waals surface area contributed by atoms with Gasteiger partial charge in [0.1, 0.15) is 0 Å². The van der Waals surface area contributed by atoms with Crippen molar-refractivity contribution in [2.24, 2.45) is 0 Å². The van der Waals surface area contributed by atoms with Crippen LogP contribution in [0.3, 0.4) is 0 Å². The minimum absolute atomic E-state index is 0.613. The first-order valence-electron chi connectivity index (χ1n) is 4.88. The van der Waals surface area contributed by atoms with Crippen molar-refractivity contribution in [1.82, 2.24) is 5.32 Å². The predicted octanol–water partition coefficient (Wildman–Crippen LogP) is 1.77. The highest BCUT2D eigenvalue weighted by molar-refractivity contribution is 5.46. The van der Waals surface area contributed by atoms with Gasteiger partial charge in [-0.25, -0.2) is 0 Å². The van der Waals surface area contributed by atoms with Crippen molar-refractivity contribution in [1.29, 1.82) is 0 Å². The first kappa shape index (κ1) is 8.57. The van der Waals surface area contributed by atoms with E-state index in [0.29, 0.717) is 6.04 Å². The standard InChI is InChI=1S/C11H16N2/c1-9-3-2-4-10(7-9)13-11-5-6-12-8-11/h2-4,7,11-13H,5-6,8H2,1H3/t11-/m1/s1. The third-order valence-electron chi connectivity index (χ3n) is 2.45. The SMILES string of the molecule is Cc1cccc(N[C@@H]2CCNC2)c1. The highest BCUT2D eigenvalue weighted by Crippen LogP contribution is 2.12. The van der Waals surface area contributed by atoms with E-state index in [1.807, 2.05) is 0 Å². The maximum atomic E-state index is 3.52. The van der Waals surface area contributed by atoms with Crippen molar-refractivity contribution in [3.63, 3.8) is 0 Å². The van der Waals surface area contributed by atoms with Gasteiger partial charge in [-0.3, -0.25) is 0 Å². The number of rotatable bonds is 2. The molecule has 70 valence electrons. The molecular weight excluding hydrogens is 160 g/mol. The summed E-state index contributed by atoms with van der Waals surface area (Å²) in [5.74, 6) is 0. The summed E-state index contributed by atoms with van der Waals surface area (Å²) in [6, 6.07) is 9.16. The molecule has 1 aromatic rings. The van der Waals surface area contributed by atoms with E-state index in [0.717, 1.165) is 13.1 Å². The van der Waals surface area contributed by atoms with Crippen LogP contribution < -0.4 is 10.6 Å². The largest absolute Gasteiger partial charge is 0.381 e. The van der Waals surface area contributed by atoms with Crippen LogP contribution in [0.25, 0.3) is 0 Å². The van der Waals surface area contributed by atoms with Crippen LogP contribution in [-0.4, -0.2) is 19.1 Å². The van der Waals surface area contributed by atoms with Crippen molar-refractivity contribution in [3.05, 3.63) is 29.8 Å². The third-order valence-corrected chi connectivity index (χ3v) is 2.45. The summed E-state index contributed by atoms with van der Waals surface area (Å²) in [6.07, 6.45) is 1.23. The van der Waals surface area contributed by atoms with Gasteiger partial charge < -0.3 is 10.6 Å². The lowest BCUT2D eigenvalue weighted by atomic mass is 10.2. The maximum Gasteiger partial charge on any atom is 0.0398 e. The van der Waals surface area contributed by atoms with E-state index in [-0.39, 0.29) is 0 Å². The van der Waals surface area contributed by atoms with Crippen LogP contribution in [0, 0.1) is 6.92 Å². The molecule has 0 aliphatic carbocycles. The molecule has 0 aromatic heterocycles. The van der Waals surface area contributed by atoms with Gasteiger partial charge in [0.05, 0.1) is 0 Å². The topological polar surface area (TPSA) is 24.1 Å². The molecule has 1 heterocycles. The van der Waals surface area contributed by atoms with Crippen LogP contribution in [-0.2, 0) is 0 Å². The summed E-state index contributed by atoms with van der Waals surface area (Å²) in [4.78, 5) is 0. The average molecular weight is 176 g/mol. The second kappa shape index (κ2) is 3.79. The Balaban J connectivity index is 2.00. The molecule has 2 nitrogen and oxygen atoms in total. The first-order valence-corrected chi connectivity index (χ1v) is 4.88. The summed E-state index contributed by atoms with van der Waals surface area (Å²) in [7, 11) is 0. The second-order valence-corrected chi connectivity index (χ2v) is 3.70. The molecule has 2 rings (SSSR count). The summed E-state index contributed by atoms with van der Waals surface area (Å²) in [5.41, 5.74) is 2.56. The Morgan fingerprint density at radius 2 is 2.38 bits per heavy atom. The van der Waals surface area contributed by atoms with Gasteiger partial charge in [0.2, 0.25) is 0 Å². The molecule has 1 aliphatic heterocycles. The fourth-order valence-corrected chi connectivity index (χ4v) is 1.75. The van der Waals surface area contributed by atoms with Crippen LogP contribution in [0.15, 0.2) is 24.3 Å². The van der Waals surface area contributed by atoms with Gasteiger partial charge in [0.25, 0.3) is 0 Å². The Kier molecular flexibility index (Phi) is 2.50. The minimum atomic E-state index is 0.613. The highest BCUT2D eigenvalue weighted by Gasteiger charge is 2.13. The lowest BCUT2D eigenvalue weighted by Gasteiger charge is -2.12. The molecular formula is C11H16N2. The van der Waals surface area contributed by atoms with E-state index >= 15 is 0 Å². The van der Waals surface area contributed by atoms with E-state index < -0.39 is 0 Å². The highest BCUT2D eigenvalue weighted by atomic mass is 15.0. The fourth-order valence-electron chi connectivity index (χ4n) is 1.75. The minimum Gasteiger partial charge on any atom is -0.381 e. The van der Waals surface area contributed by atoms with Crippen LogP contribution in [0.5, 0.6) is 0 Å². The maximum absolute atomic E-state index is 3.52. The van der Waals surface area contributed by atoms with Crippen LogP contribution in [0.2, 0.25) is 0 Å². The number of hydrogen-bond acceptors (Lipinski definition) is 2. The molecule has 0 saturated carbocycles. The van der Waals surface area contributed by atoms with Crippen LogP contribution in [0.1, 0.15) is 12.0 Å². The van der Waals surface area contributed by atoms with E-state index in [1.165, 1.54) is 17.7 Å². The monoisotopic (exact) mass is 176 g/mol. The van der Waals surface area contributed by atoms with Gasteiger partial charge in [0.15, 0.2) is 0 Å². The molecule has 2 heteroatoms. The third kappa shape index (κ3) is 2.22. The van der Waals surface area contributed by atoms with Crippen LogP contribution >= 0.6 is 0 Å². The van der Waals surface area contributed by atoms with E-state index in [9.17, 15) is 0 Å². The van der Waals surface area contributed by atoms with Gasteiger partial charge >= 0.3 is 0 Å². The molecule has 13 heavy (non-hydrogen) atoms. The van der Waals surface area contributed by atoms with E-state index in [2.05, 4.69) is 41.8 Å². The van der Waals surface area contributed by atoms with Crippen molar-refractivity contribution >= 4 is 5.69 Å². The van der Waals surface area contributed by atoms with E-state index in [4.69, 9.17) is 0 Å². The van der Waals surface area contributed by atoms with Gasteiger partial charge in [-0.1, -0.05) is 12.1 Å².